The molecule has 7 heteroatoms. The largest absolute Gasteiger partial charge is 0.326 e. The van der Waals surface area contributed by atoms with Crippen LogP contribution in [-0.4, -0.2) is 37.1 Å². The van der Waals surface area contributed by atoms with Crippen molar-refractivity contribution >= 4 is 17.2 Å². The lowest BCUT2D eigenvalue weighted by Crippen LogP contribution is -2.44. The fourth-order valence-corrected chi connectivity index (χ4v) is 4.15. The van der Waals surface area contributed by atoms with E-state index in [9.17, 15) is 4.79 Å². The molecule has 1 aliphatic heterocycles. The molecule has 0 saturated heterocycles. The molecule has 0 bridgehead atoms. The van der Waals surface area contributed by atoms with Crippen LogP contribution in [0.1, 0.15) is 40.4 Å². The lowest BCUT2D eigenvalue weighted by Gasteiger charge is -2.37. The van der Waals surface area contributed by atoms with Gasteiger partial charge in [-0.25, -0.2) is 14.6 Å². The maximum Gasteiger partial charge on any atom is 0.266 e. The third kappa shape index (κ3) is 2.92. The summed E-state index contributed by atoms with van der Waals surface area (Å²) in [6.07, 6.45) is 1.68. The van der Waals surface area contributed by atoms with Crippen LogP contribution in [0.15, 0.2) is 36.5 Å². The van der Waals surface area contributed by atoms with Gasteiger partial charge in [0.25, 0.3) is 5.91 Å². The van der Waals surface area contributed by atoms with Crippen molar-refractivity contribution in [3.05, 3.63) is 52.2 Å². The zero-order valence-electron chi connectivity index (χ0n) is 15.1. The van der Waals surface area contributed by atoms with Gasteiger partial charge >= 0.3 is 0 Å². The van der Waals surface area contributed by atoms with Crippen LogP contribution in [0.5, 0.6) is 0 Å². The molecule has 0 N–H and O–H groups in total. The normalized spacial score (nSPS) is 16.8. The minimum absolute atomic E-state index is 0.0322. The molecule has 3 heterocycles. The van der Waals surface area contributed by atoms with Crippen LogP contribution < -0.4 is 0 Å². The maximum atomic E-state index is 13.1. The Morgan fingerprint density at radius 3 is 2.65 bits per heavy atom. The van der Waals surface area contributed by atoms with E-state index in [0.717, 1.165) is 16.4 Å². The number of aromatic nitrogens is 4. The van der Waals surface area contributed by atoms with Gasteiger partial charge in [0.2, 0.25) is 0 Å². The second-order valence-electron chi connectivity index (χ2n) is 6.81. The number of hydrogen-bond acceptors (Lipinski definition) is 5. The van der Waals surface area contributed by atoms with E-state index in [1.54, 1.807) is 6.20 Å². The molecule has 0 spiro atoms. The highest BCUT2D eigenvalue weighted by molar-refractivity contribution is 7.13. The summed E-state index contributed by atoms with van der Waals surface area (Å²) in [5.74, 6) is 1.85. The zero-order chi connectivity index (χ0) is 18.3. The van der Waals surface area contributed by atoms with E-state index in [1.807, 2.05) is 46.8 Å². The molecule has 6 nitrogen and oxygen atoms in total. The molecule has 4 rings (SSSR count). The molecule has 0 radical (unpaired) electrons. The average Bonchev–Trinajstić information content (AvgIpc) is 3.27. The molecule has 0 saturated carbocycles. The summed E-state index contributed by atoms with van der Waals surface area (Å²) in [6.45, 7) is 7.44. The first kappa shape index (κ1) is 16.9. The standard InChI is InChI=1S/C19H21N5OS/c1-12(2)16-18-21-17(14-7-5-4-6-8-14)22-24(18)10-9-23(16)19(25)15-11-20-13(3)26-15/h4-8,11-12,16H,9-10H2,1-3H3/t16-/m0/s1. The number of fused-ring (bicyclic) bond motifs is 1. The Balaban J connectivity index is 1.71. The number of carbonyl (C=O) groups excluding carboxylic acids is 1. The van der Waals surface area contributed by atoms with Crippen LogP contribution in [-0.2, 0) is 6.54 Å². The van der Waals surface area contributed by atoms with Crippen molar-refractivity contribution < 1.29 is 4.79 Å². The molecular weight excluding hydrogens is 346 g/mol. The highest BCUT2D eigenvalue weighted by Crippen LogP contribution is 2.33. The Bertz CT molecular complexity index is 931. The predicted molar refractivity (Wildman–Crippen MR) is 101 cm³/mol. The van der Waals surface area contributed by atoms with Crippen molar-refractivity contribution in [2.45, 2.75) is 33.4 Å². The number of nitrogens with zero attached hydrogens (tertiary/aromatic N) is 5. The Hall–Kier alpha value is -2.54. The summed E-state index contributed by atoms with van der Waals surface area (Å²) in [5, 5.41) is 5.59. The smallest absolute Gasteiger partial charge is 0.266 e. The highest BCUT2D eigenvalue weighted by Gasteiger charge is 2.36. The van der Waals surface area contributed by atoms with Gasteiger partial charge in [-0.05, 0) is 12.8 Å². The Morgan fingerprint density at radius 1 is 1.23 bits per heavy atom. The number of amides is 1. The summed E-state index contributed by atoms with van der Waals surface area (Å²) < 4.78 is 1.95. The highest BCUT2D eigenvalue weighted by atomic mass is 32.1. The second kappa shape index (κ2) is 6.64. The molecule has 0 fully saturated rings. The van der Waals surface area contributed by atoms with Crippen molar-refractivity contribution in [1.29, 1.82) is 0 Å². The van der Waals surface area contributed by atoms with Crippen LogP contribution in [0.4, 0.5) is 0 Å². The minimum atomic E-state index is -0.0939. The van der Waals surface area contributed by atoms with Crippen LogP contribution in [0, 0.1) is 12.8 Å². The van der Waals surface area contributed by atoms with Crippen molar-refractivity contribution in [2.75, 3.05) is 6.54 Å². The summed E-state index contributed by atoms with van der Waals surface area (Å²) in [6, 6.07) is 9.87. The number of carbonyl (C=O) groups is 1. The molecule has 1 aliphatic rings. The van der Waals surface area contributed by atoms with Crippen molar-refractivity contribution in [2.24, 2.45) is 5.92 Å². The first-order chi connectivity index (χ1) is 12.5. The molecule has 1 aromatic carbocycles. The van der Waals surface area contributed by atoms with Crippen LogP contribution in [0.2, 0.25) is 0 Å². The molecule has 3 aromatic rings. The van der Waals surface area contributed by atoms with Gasteiger partial charge in [0.05, 0.1) is 23.8 Å². The van der Waals surface area contributed by atoms with Crippen LogP contribution >= 0.6 is 11.3 Å². The minimum Gasteiger partial charge on any atom is -0.326 e. The van der Waals surface area contributed by atoms with Gasteiger partial charge in [0, 0.05) is 12.1 Å². The Labute approximate surface area is 156 Å². The summed E-state index contributed by atoms with van der Waals surface area (Å²) in [7, 11) is 0. The van der Waals surface area contributed by atoms with Gasteiger partial charge in [-0.3, -0.25) is 4.79 Å². The summed E-state index contributed by atoms with van der Waals surface area (Å²) >= 11 is 1.44. The molecular formula is C19H21N5OS. The van der Waals surface area contributed by atoms with Gasteiger partial charge < -0.3 is 4.90 Å². The molecule has 26 heavy (non-hydrogen) atoms. The van der Waals surface area contributed by atoms with E-state index in [-0.39, 0.29) is 17.9 Å². The Kier molecular flexibility index (Phi) is 4.32. The summed E-state index contributed by atoms with van der Waals surface area (Å²) in [4.78, 5) is 24.7. The SMILES string of the molecule is Cc1ncc(C(=O)N2CCn3nc(-c4ccccc4)nc3[C@@H]2C(C)C)s1. The van der Waals surface area contributed by atoms with E-state index in [0.29, 0.717) is 23.8 Å². The van der Waals surface area contributed by atoms with Gasteiger partial charge in [-0.1, -0.05) is 44.2 Å². The molecule has 0 unspecified atom stereocenters. The lowest BCUT2D eigenvalue weighted by atomic mass is 9.99. The molecule has 0 aliphatic carbocycles. The van der Waals surface area contributed by atoms with Gasteiger partial charge in [0.1, 0.15) is 4.88 Å². The van der Waals surface area contributed by atoms with E-state index >= 15 is 0 Å². The quantitative estimate of drug-likeness (QED) is 0.710. The number of thiazole rings is 1. The van der Waals surface area contributed by atoms with E-state index < -0.39 is 0 Å². The van der Waals surface area contributed by atoms with Gasteiger partial charge in [-0.15, -0.1) is 11.3 Å². The summed E-state index contributed by atoms with van der Waals surface area (Å²) in [5.41, 5.74) is 0.993. The topological polar surface area (TPSA) is 63.9 Å². The average molecular weight is 367 g/mol. The van der Waals surface area contributed by atoms with E-state index in [2.05, 4.69) is 23.9 Å². The first-order valence-electron chi connectivity index (χ1n) is 8.78. The maximum absolute atomic E-state index is 13.1. The molecule has 134 valence electrons. The third-order valence-corrected chi connectivity index (χ3v) is 5.51. The molecule has 1 amide bonds. The predicted octanol–water partition coefficient (Wildman–Crippen LogP) is 3.56. The fourth-order valence-electron chi connectivity index (χ4n) is 3.42. The van der Waals surface area contributed by atoms with Gasteiger partial charge in [0.15, 0.2) is 11.6 Å². The monoisotopic (exact) mass is 367 g/mol. The van der Waals surface area contributed by atoms with Gasteiger partial charge in [-0.2, -0.15) is 5.10 Å². The number of hydrogen-bond donors (Lipinski definition) is 0. The molecule has 2 aromatic heterocycles. The first-order valence-corrected chi connectivity index (χ1v) is 9.60. The van der Waals surface area contributed by atoms with Crippen molar-refractivity contribution in [1.82, 2.24) is 24.6 Å². The van der Waals surface area contributed by atoms with Crippen LogP contribution in [0.25, 0.3) is 11.4 Å². The number of benzene rings is 1. The Morgan fingerprint density at radius 2 is 2.00 bits per heavy atom. The van der Waals surface area contributed by atoms with E-state index in [4.69, 9.17) is 4.98 Å². The third-order valence-electron chi connectivity index (χ3n) is 4.61. The lowest BCUT2D eigenvalue weighted by molar-refractivity contribution is 0.0541. The van der Waals surface area contributed by atoms with Crippen LogP contribution in [0.3, 0.4) is 0 Å². The number of rotatable bonds is 3. The van der Waals surface area contributed by atoms with Crippen molar-refractivity contribution in [3.8, 4) is 11.4 Å². The zero-order valence-corrected chi connectivity index (χ0v) is 15.9. The van der Waals surface area contributed by atoms with Crippen molar-refractivity contribution in [3.63, 3.8) is 0 Å². The molecule has 1 atom stereocenters. The number of aryl methyl sites for hydroxylation is 1. The fraction of sp³-hybridized carbons (Fsp3) is 0.368. The van der Waals surface area contributed by atoms with E-state index in [1.165, 1.54) is 11.3 Å². The second-order valence-corrected chi connectivity index (χ2v) is 8.05.